The van der Waals surface area contributed by atoms with Gasteiger partial charge in [0, 0.05) is 6.54 Å². The van der Waals surface area contributed by atoms with Crippen LogP contribution in [0.15, 0.2) is 12.1 Å². The van der Waals surface area contributed by atoms with Crippen molar-refractivity contribution in [3.63, 3.8) is 0 Å². The van der Waals surface area contributed by atoms with Crippen molar-refractivity contribution in [1.29, 1.82) is 0 Å². The van der Waals surface area contributed by atoms with E-state index in [2.05, 4.69) is 5.32 Å². The van der Waals surface area contributed by atoms with Crippen LogP contribution >= 0.6 is 23.2 Å². The van der Waals surface area contributed by atoms with Crippen LogP contribution in [0.1, 0.15) is 42.5 Å². The summed E-state index contributed by atoms with van der Waals surface area (Å²) in [6, 6.07) is 2.11. The number of hydrogen-bond donors (Lipinski definition) is 2. The largest absolute Gasteiger partial charge is 0.481 e. The predicted molar refractivity (Wildman–Crippen MR) is 81.9 cm³/mol. The fourth-order valence-corrected chi connectivity index (χ4v) is 3.21. The average molecular weight is 348 g/mol. The summed E-state index contributed by atoms with van der Waals surface area (Å²) in [7, 11) is 0. The minimum atomic E-state index is -0.953. The molecule has 0 radical (unpaired) electrons. The zero-order valence-corrected chi connectivity index (χ0v) is 13.3. The molecule has 1 aliphatic carbocycles. The standard InChI is InChI=1S/C15H16Cl2FNO3/c16-10-7-11(17)12(18)6-9(10)13(20)19-8-15(14(21)22)4-2-1-3-5-15/h6-7H,1-5,8H2,(H,19,20)(H,21,22). The van der Waals surface area contributed by atoms with Gasteiger partial charge in [-0.25, -0.2) is 4.39 Å². The number of halogens is 3. The van der Waals surface area contributed by atoms with Crippen molar-refractivity contribution >= 4 is 35.1 Å². The summed E-state index contributed by atoms with van der Waals surface area (Å²) in [6.45, 7) is 0.00173. The number of carboxylic acids is 1. The third kappa shape index (κ3) is 3.52. The van der Waals surface area contributed by atoms with Gasteiger partial charge in [0.1, 0.15) is 5.82 Å². The highest BCUT2D eigenvalue weighted by atomic mass is 35.5. The molecule has 0 aromatic heterocycles. The Morgan fingerprint density at radius 3 is 2.41 bits per heavy atom. The fourth-order valence-electron chi connectivity index (χ4n) is 2.74. The lowest BCUT2D eigenvalue weighted by Gasteiger charge is -2.33. The second kappa shape index (κ2) is 6.84. The van der Waals surface area contributed by atoms with Gasteiger partial charge in [-0.15, -0.1) is 0 Å². The summed E-state index contributed by atoms with van der Waals surface area (Å²) < 4.78 is 13.5. The van der Waals surface area contributed by atoms with E-state index in [-0.39, 0.29) is 22.2 Å². The number of aliphatic carboxylic acids is 1. The van der Waals surface area contributed by atoms with E-state index in [1.807, 2.05) is 0 Å². The smallest absolute Gasteiger partial charge is 0.311 e. The molecule has 2 N–H and O–H groups in total. The first-order valence-electron chi connectivity index (χ1n) is 7.02. The van der Waals surface area contributed by atoms with E-state index in [0.29, 0.717) is 12.8 Å². The van der Waals surface area contributed by atoms with E-state index < -0.39 is 23.1 Å². The quantitative estimate of drug-likeness (QED) is 0.811. The van der Waals surface area contributed by atoms with Gasteiger partial charge in [-0.3, -0.25) is 9.59 Å². The van der Waals surface area contributed by atoms with Crippen molar-refractivity contribution in [2.75, 3.05) is 6.54 Å². The molecule has 1 amide bonds. The van der Waals surface area contributed by atoms with Crippen LogP contribution < -0.4 is 5.32 Å². The molecule has 0 saturated heterocycles. The van der Waals surface area contributed by atoms with E-state index in [1.54, 1.807) is 0 Å². The molecule has 4 nitrogen and oxygen atoms in total. The van der Waals surface area contributed by atoms with Gasteiger partial charge in [0.25, 0.3) is 5.91 Å². The summed E-state index contributed by atoms with van der Waals surface area (Å²) in [5, 5.41) is 11.9. The highest BCUT2D eigenvalue weighted by Gasteiger charge is 2.39. The Kier molecular flexibility index (Phi) is 5.29. The fraction of sp³-hybridized carbons (Fsp3) is 0.467. The van der Waals surface area contributed by atoms with Crippen molar-refractivity contribution in [2.45, 2.75) is 32.1 Å². The molecule has 0 spiro atoms. The molecule has 1 saturated carbocycles. The molecule has 0 bridgehead atoms. The molecule has 0 unspecified atom stereocenters. The third-order valence-electron chi connectivity index (χ3n) is 4.11. The van der Waals surface area contributed by atoms with Crippen molar-refractivity contribution in [1.82, 2.24) is 5.32 Å². The minimum Gasteiger partial charge on any atom is -0.481 e. The van der Waals surface area contributed by atoms with Gasteiger partial charge in [-0.1, -0.05) is 42.5 Å². The first kappa shape index (κ1) is 17.0. The van der Waals surface area contributed by atoms with Crippen molar-refractivity contribution < 1.29 is 19.1 Å². The number of carboxylic acid groups (broad SMARTS) is 1. The third-order valence-corrected chi connectivity index (χ3v) is 4.71. The molecular formula is C15H16Cl2FNO3. The van der Waals surface area contributed by atoms with E-state index in [4.69, 9.17) is 23.2 Å². The Hall–Kier alpha value is -1.33. The monoisotopic (exact) mass is 347 g/mol. The highest BCUT2D eigenvalue weighted by Crippen LogP contribution is 2.36. The maximum Gasteiger partial charge on any atom is 0.311 e. The van der Waals surface area contributed by atoms with E-state index in [9.17, 15) is 19.1 Å². The van der Waals surface area contributed by atoms with Crippen LogP contribution in [0.2, 0.25) is 10.0 Å². The Labute approximate surface area is 137 Å². The first-order valence-corrected chi connectivity index (χ1v) is 7.77. The van der Waals surface area contributed by atoms with Crippen LogP contribution in [0.25, 0.3) is 0 Å². The first-order chi connectivity index (χ1) is 10.4. The Morgan fingerprint density at radius 1 is 1.18 bits per heavy atom. The molecule has 0 heterocycles. The van der Waals surface area contributed by atoms with E-state index in [0.717, 1.165) is 31.4 Å². The summed E-state index contributed by atoms with van der Waals surface area (Å²) >= 11 is 11.5. The van der Waals surface area contributed by atoms with Crippen molar-refractivity contribution in [3.8, 4) is 0 Å². The molecule has 2 rings (SSSR count). The Bertz CT molecular complexity index is 601. The zero-order valence-electron chi connectivity index (χ0n) is 11.8. The molecule has 7 heteroatoms. The molecule has 0 atom stereocenters. The van der Waals surface area contributed by atoms with Crippen LogP contribution in [0.5, 0.6) is 0 Å². The normalized spacial score (nSPS) is 17.0. The molecule has 0 aliphatic heterocycles. The second-order valence-corrected chi connectivity index (χ2v) is 6.39. The number of carbonyl (C=O) groups excluding carboxylic acids is 1. The van der Waals surface area contributed by atoms with Crippen LogP contribution in [-0.4, -0.2) is 23.5 Å². The van der Waals surface area contributed by atoms with Gasteiger partial charge >= 0.3 is 5.97 Å². The molecule has 1 fully saturated rings. The van der Waals surface area contributed by atoms with Crippen LogP contribution in [0, 0.1) is 11.2 Å². The Balaban J connectivity index is 2.12. The summed E-state index contributed by atoms with van der Waals surface area (Å²) in [5.74, 6) is -2.27. The summed E-state index contributed by atoms with van der Waals surface area (Å²) in [4.78, 5) is 23.7. The molecule has 120 valence electrons. The van der Waals surface area contributed by atoms with Crippen LogP contribution in [0.4, 0.5) is 4.39 Å². The lowest BCUT2D eigenvalue weighted by Crippen LogP contribution is -2.44. The maximum atomic E-state index is 13.5. The molecule has 1 aromatic rings. The number of benzene rings is 1. The minimum absolute atomic E-state index is 0.00173. The molecule has 1 aliphatic rings. The molecular weight excluding hydrogens is 332 g/mol. The van der Waals surface area contributed by atoms with Gasteiger partial charge < -0.3 is 10.4 Å². The number of carbonyl (C=O) groups is 2. The number of rotatable bonds is 4. The van der Waals surface area contributed by atoms with Crippen molar-refractivity contribution in [3.05, 3.63) is 33.6 Å². The lowest BCUT2D eigenvalue weighted by atomic mass is 9.74. The lowest BCUT2D eigenvalue weighted by molar-refractivity contribution is -0.150. The Morgan fingerprint density at radius 2 is 1.82 bits per heavy atom. The predicted octanol–water partition coefficient (Wildman–Crippen LogP) is 3.90. The molecule has 1 aromatic carbocycles. The summed E-state index contributed by atoms with van der Waals surface area (Å²) in [6.07, 6.45) is 3.67. The highest BCUT2D eigenvalue weighted by molar-refractivity contribution is 6.36. The number of hydrogen-bond acceptors (Lipinski definition) is 2. The van der Waals surface area contributed by atoms with Gasteiger partial charge in [-0.05, 0) is 25.0 Å². The van der Waals surface area contributed by atoms with Gasteiger partial charge in [-0.2, -0.15) is 0 Å². The van der Waals surface area contributed by atoms with Crippen LogP contribution in [-0.2, 0) is 4.79 Å². The summed E-state index contributed by atoms with van der Waals surface area (Å²) in [5.41, 5.74) is -1.01. The van der Waals surface area contributed by atoms with E-state index >= 15 is 0 Å². The van der Waals surface area contributed by atoms with E-state index in [1.165, 1.54) is 0 Å². The average Bonchev–Trinajstić information content (AvgIpc) is 2.49. The maximum absolute atomic E-state index is 13.5. The van der Waals surface area contributed by atoms with Gasteiger partial charge in [0.05, 0.1) is 21.0 Å². The van der Waals surface area contributed by atoms with Crippen LogP contribution in [0.3, 0.4) is 0 Å². The number of amides is 1. The SMILES string of the molecule is O=C(NCC1(C(=O)O)CCCCC1)c1cc(F)c(Cl)cc1Cl. The van der Waals surface area contributed by atoms with Crippen molar-refractivity contribution in [2.24, 2.45) is 5.41 Å². The topological polar surface area (TPSA) is 66.4 Å². The second-order valence-electron chi connectivity index (χ2n) is 5.57. The zero-order chi connectivity index (χ0) is 16.3. The molecule has 22 heavy (non-hydrogen) atoms. The van der Waals surface area contributed by atoms with Gasteiger partial charge in [0.15, 0.2) is 0 Å². The number of nitrogens with one attached hydrogen (secondary N) is 1. The van der Waals surface area contributed by atoms with Gasteiger partial charge in [0.2, 0.25) is 0 Å².